The zero-order chi connectivity index (χ0) is 14.7. The predicted molar refractivity (Wildman–Crippen MR) is 67.7 cm³/mol. The van der Waals surface area contributed by atoms with Crippen LogP contribution < -0.4 is 4.90 Å². The number of rotatable bonds is 4. The standard InChI is InChI=1S/C12H13F2N3O3/c13-9-8-12(17(19)20)10(14)7-11(9)16-3-1-15(2-4-16)5-6-18/h6-8H,1-5H2. The van der Waals surface area contributed by atoms with Crippen LogP contribution in [-0.2, 0) is 4.79 Å². The van der Waals surface area contributed by atoms with Gasteiger partial charge in [-0.3, -0.25) is 15.0 Å². The fourth-order valence-electron chi connectivity index (χ4n) is 2.18. The average molecular weight is 285 g/mol. The zero-order valence-corrected chi connectivity index (χ0v) is 10.6. The lowest BCUT2D eigenvalue weighted by Gasteiger charge is -2.35. The first-order valence-electron chi connectivity index (χ1n) is 6.07. The summed E-state index contributed by atoms with van der Waals surface area (Å²) in [4.78, 5) is 23.5. The van der Waals surface area contributed by atoms with Gasteiger partial charge in [0.05, 0.1) is 23.2 Å². The highest BCUT2D eigenvalue weighted by molar-refractivity contribution is 5.54. The third kappa shape index (κ3) is 2.90. The van der Waals surface area contributed by atoms with E-state index in [0.717, 1.165) is 12.4 Å². The van der Waals surface area contributed by atoms with E-state index in [9.17, 15) is 23.7 Å². The highest BCUT2D eigenvalue weighted by Gasteiger charge is 2.24. The largest absolute Gasteiger partial charge is 0.367 e. The Morgan fingerprint density at radius 2 is 1.85 bits per heavy atom. The summed E-state index contributed by atoms with van der Waals surface area (Å²) in [7, 11) is 0. The third-order valence-corrected chi connectivity index (χ3v) is 3.26. The zero-order valence-electron chi connectivity index (χ0n) is 10.6. The van der Waals surface area contributed by atoms with Crippen LogP contribution in [0.5, 0.6) is 0 Å². The van der Waals surface area contributed by atoms with Crippen LogP contribution in [0.3, 0.4) is 0 Å². The van der Waals surface area contributed by atoms with E-state index in [4.69, 9.17) is 0 Å². The van der Waals surface area contributed by atoms with Gasteiger partial charge in [-0.05, 0) is 0 Å². The molecule has 1 heterocycles. The van der Waals surface area contributed by atoms with E-state index in [1.807, 2.05) is 4.90 Å². The van der Waals surface area contributed by atoms with Crippen LogP contribution >= 0.6 is 0 Å². The predicted octanol–water partition coefficient (Wildman–Crippen LogP) is 1.19. The van der Waals surface area contributed by atoms with E-state index in [1.165, 1.54) is 0 Å². The topological polar surface area (TPSA) is 66.7 Å². The number of aldehydes is 1. The molecule has 20 heavy (non-hydrogen) atoms. The molecule has 6 nitrogen and oxygen atoms in total. The van der Waals surface area contributed by atoms with Gasteiger partial charge >= 0.3 is 5.69 Å². The highest BCUT2D eigenvalue weighted by atomic mass is 19.1. The van der Waals surface area contributed by atoms with Gasteiger partial charge in [-0.2, -0.15) is 4.39 Å². The molecule has 1 fully saturated rings. The number of hydrogen-bond acceptors (Lipinski definition) is 5. The molecule has 0 atom stereocenters. The van der Waals surface area contributed by atoms with Gasteiger partial charge in [0.2, 0.25) is 5.82 Å². The van der Waals surface area contributed by atoms with Gasteiger partial charge in [0.15, 0.2) is 5.82 Å². The number of nitro groups is 1. The molecule has 0 saturated carbocycles. The minimum Gasteiger partial charge on any atom is -0.367 e. The van der Waals surface area contributed by atoms with Crippen LogP contribution in [0.15, 0.2) is 12.1 Å². The molecule has 1 aliphatic rings. The first-order valence-corrected chi connectivity index (χ1v) is 6.07. The molecule has 108 valence electrons. The number of piperazine rings is 1. The van der Waals surface area contributed by atoms with E-state index < -0.39 is 22.2 Å². The van der Waals surface area contributed by atoms with Crippen molar-refractivity contribution in [3.63, 3.8) is 0 Å². The lowest BCUT2D eigenvalue weighted by Crippen LogP contribution is -2.47. The molecule has 0 aromatic heterocycles. The fraction of sp³-hybridized carbons (Fsp3) is 0.417. The van der Waals surface area contributed by atoms with Crippen LogP contribution in [0, 0.1) is 21.7 Å². The molecule has 2 rings (SSSR count). The van der Waals surface area contributed by atoms with Crippen molar-refractivity contribution < 1.29 is 18.5 Å². The maximum atomic E-state index is 13.8. The van der Waals surface area contributed by atoms with Gasteiger partial charge in [0.1, 0.15) is 6.29 Å². The van der Waals surface area contributed by atoms with Gasteiger partial charge in [-0.25, -0.2) is 4.39 Å². The number of nitro benzene ring substituents is 1. The fourth-order valence-corrected chi connectivity index (χ4v) is 2.18. The van der Waals surface area contributed by atoms with Crippen LogP contribution in [0.4, 0.5) is 20.2 Å². The van der Waals surface area contributed by atoms with Crippen molar-refractivity contribution >= 4 is 17.7 Å². The van der Waals surface area contributed by atoms with E-state index >= 15 is 0 Å². The number of benzene rings is 1. The number of halogens is 2. The monoisotopic (exact) mass is 285 g/mol. The molecule has 1 aliphatic heterocycles. The van der Waals surface area contributed by atoms with Crippen LogP contribution in [-0.4, -0.2) is 48.8 Å². The molecule has 0 unspecified atom stereocenters. The lowest BCUT2D eigenvalue weighted by atomic mass is 10.2. The maximum absolute atomic E-state index is 13.8. The van der Waals surface area contributed by atoms with Gasteiger partial charge < -0.3 is 9.69 Å². The van der Waals surface area contributed by atoms with Gasteiger partial charge in [-0.15, -0.1) is 0 Å². The van der Waals surface area contributed by atoms with E-state index in [2.05, 4.69) is 0 Å². The van der Waals surface area contributed by atoms with Gasteiger partial charge in [0, 0.05) is 32.2 Å². The van der Waals surface area contributed by atoms with Crippen molar-refractivity contribution in [1.29, 1.82) is 0 Å². The van der Waals surface area contributed by atoms with E-state index in [1.54, 1.807) is 4.90 Å². The molecule has 0 radical (unpaired) electrons. The quantitative estimate of drug-likeness (QED) is 0.472. The van der Waals surface area contributed by atoms with Crippen molar-refractivity contribution in [1.82, 2.24) is 4.90 Å². The second-order valence-electron chi connectivity index (χ2n) is 4.47. The van der Waals surface area contributed by atoms with Crippen molar-refractivity contribution in [2.45, 2.75) is 0 Å². The first kappa shape index (κ1) is 14.3. The summed E-state index contributed by atoms with van der Waals surface area (Å²) in [6.07, 6.45) is 0.793. The highest BCUT2D eigenvalue weighted by Crippen LogP contribution is 2.28. The second kappa shape index (κ2) is 5.91. The number of anilines is 1. The number of hydrogen-bond donors (Lipinski definition) is 0. The Hall–Kier alpha value is -2.09. The van der Waals surface area contributed by atoms with Gasteiger partial charge in [0.25, 0.3) is 0 Å². The number of carbonyl (C=O) groups is 1. The minimum atomic E-state index is -1.05. The van der Waals surface area contributed by atoms with Crippen molar-refractivity contribution in [2.24, 2.45) is 0 Å². The van der Waals surface area contributed by atoms with Gasteiger partial charge in [-0.1, -0.05) is 0 Å². The van der Waals surface area contributed by atoms with Crippen LogP contribution in [0.2, 0.25) is 0 Å². The SMILES string of the molecule is O=CCN1CCN(c2cc(F)c([N+](=O)[O-])cc2F)CC1. The Morgan fingerprint density at radius 3 is 2.40 bits per heavy atom. The molecule has 8 heteroatoms. The van der Waals surface area contributed by atoms with E-state index in [0.29, 0.717) is 38.8 Å². The number of nitrogens with zero attached hydrogens (tertiary/aromatic N) is 3. The van der Waals surface area contributed by atoms with Crippen molar-refractivity contribution in [3.8, 4) is 0 Å². The van der Waals surface area contributed by atoms with E-state index in [-0.39, 0.29) is 5.69 Å². The Bertz CT molecular complexity index is 531. The van der Waals surface area contributed by atoms with Crippen molar-refractivity contribution in [2.75, 3.05) is 37.6 Å². The Balaban J connectivity index is 2.16. The molecule has 0 bridgehead atoms. The maximum Gasteiger partial charge on any atom is 0.307 e. The summed E-state index contributed by atoms with van der Waals surface area (Å²) >= 11 is 0. The molecule has 0 spiro atoms. The number of carbonyl (C=O) groups excluding carboxylic acids is 1. The summed E-state index contributed by atoms with van der Waals surface area (Å²) in [6.45, 7) is 2.28. The molecule has 0 N–H and O–H groups in total. The normalized spacial score (nSPS) is 16.2. The smallest absolute Gasteiger partial charge is 0.307 e. The summed E-state index contributed by atoms with van der Waals surface area (Å²) in [5, 5.41) is 10.5. The Labute approximate surface area is 113 Å². The molecule has 0 aliphatic carbocycles. The molecule has 1 aromatic rings. The second-order valence-corrected chi connectivity index (χ2v) is 4.47. The minimum absolute atomic E-state index is 0.0128. The van der Waals surface area contributed by atoms with Crippen molar-refractivity contribution in [3.05, 3.63) is 33.9 Å². The average Bonchev–Trinajstić information content (AvgIpc) is 2.42. The third-order valence-electron chi connectivity index (χ3n) is 3.26. The Morgan fingerprint density at radius 1 is 1.20 bits per heavy atom. The van der Waals surface area contributed by atoms with Crippen LogP contribution in [0.1, 0.15) is 0 Å². The summed E-state index contributed by atoms with van der Waals surface area (Å²) in [6, 6.07) is 1.45. The molecule has 1 saturated heterocycles. The van der Waals surface area contributed by atoms with Crippen LogP contribution in [0.25, 0.3) is 0 Å². The molecular weight excluding hydrogens is 272 g/mol. The molecular formula is C12H13F2N3O3. The lowest BCUT2D eigenvalue weighted by molar-refractivity contribution is -0.387. The molecule has 1 aromatic carbocycles. The summed E-state index contributed by atoms with van der Waals surface area (Å²) in [5.74, 6) is -1.87. The Kier molecular flexibility index (Phi) is 4.23. The summed E-state index contributed by atoms with van der Waals surface area (Å²) in [5.41, 5.74) is -0.857. The molecule has 0 amide bonds. The summed E-state index contributed by atoms with van der Waals surface area (Å²) < 4.78 is 27.4. The first-order chi connectivity index (χ1) is 9.52.